The maximum absolute atomic E-state index is 13.5. The highest BCUT2D eigenvalue weighted by atomic mass is 19.1. The monoisotopic (exact) mass is 360 g/mol. The van der Waals surface area contributed by atoms with Crippen molar-refractivity contribution >= 4 is 11.8 Å². The summed E-state index contributed by atoms with van der Waals surface area (Å²) < 4.78 is 26.5. The molecule has 0 fully saturated rings. The molecule has 4 nitrogen and oxygen atoms in total. The summed E-state index contributed by atoms with van der Waals surface area (Å²) in [6, 6.07) is 12.3. The lowest BCUT2D eigenvalue weighted by molar-refractivity contribution is -0.130. The summed E-state index contributed by atoms with van der Waals surface area (Å²) in [5, 5.41) is 2.73. The standard InChI is InChI=1S/C20H22F2N2O2/c1-15(25)24(14-16-6-8-18(21)9-7-16)13-11-20(26)23-12-10-17-4-2-3-5-19(17)22/h2-9H,10-14H2,1H3,(H,23,26). The summed E-state index contributed by atoms with van der Waals surface area (Å²) in [4.78, 5) is 25.2. The first-order valence-electron chi connectivity index (χ1n) is 8.46. The van der Waals surface area contributed by atoms with E-state index >= 15 is 0 Å². The number of nitrogens with one attached hydrogen (secondary N) is 1. The molecule has 6 heteroatoms. The number of benzene rings is 2. The van der Waals surface area contributed by atoms with Gasteiger partial charge in [0.25, 0.3) is 0 Å². The van der Waals surface area contributed by atoms with Crippen LogP contribution in [0.15, 0.2) is 48.5 Å². The van der Waals surface area contributed by atoms with Crippen LogP contribution in [-0.2, 0) is 22.6 Å². The lowest BCUT2D eigenvalue weighted by Gasteiger charge is -2.21. The van der Waals surface area contributed by atoms with E-state index in [1.165, 1.54) is 30.0 Å². The zero-order valence-electron chi connectivity index (χ0n) is 14.7. The number of amides is 2. The molecule has 0 aromatic heterocycles. The normalized spacial score (nSPS) is 10.4. The van der Waals surface area contributed by atoms with Crippen LogP contribution < -0.4 is 5.32 Å². The fourth-order valence-electron chi connectivity index (χ4n) is 2.52. The van der Waals surface area contributed by atoms with Gasteiger partial charge in [-0.05, 0) is 35.7 Å². The van der Waals surface area contributed by atoms with Gasteiger partial charge in [-0.3, -0.25) is 9.59 Å². The molecule has 2 aromatic carbocycles. The Balaban J connectivity index is 1.77. The van der Waals surface area contributed by atoms with Crippen LogP contribution in [0.5, 0.6) is 0 Å². The van der Waals surface area contributed by atoms with Crippen molar-refractivity contribution in [3.05, 3.63) is 71.3 Å². The maximum atomic E-state index is 13.5. The molecule has 0 aliphatic carbocycles. The number of nitrogens with zero attached hydrogens (tertiary/aromatic N) is 1. The Labute approximate surface area is 151 Å². The van der Waals surface area contributed by atoms with Crippen molar-refractivity contribution in [2.24, 2.45) is 0 Å². The second kappa shape index (κ2) is 9.65. The minimum absolute atomic E-state index is 0.151. The van der Waals surface area contributed by atoms with E-state index in [0.29, 0.717) is 25.1 Å². The van der Waals surface area contributed by atoms with Crippen molar-refractivity contribution in [3.8, 4) is 0 Å². The summed E-state index contributed by atoms with van der Waals surface area (Å²) in [6.45, 7) is 2.34. The number of hydrogen-bond acceptors (Lipinski definition) is 2. The summed E-state index contributed by atoms with van der Waals surface area (Å²) in [7, 11) is 0. The van der Waals surface area contributed by atoms with Gasteiger partial charge in [-0.25, -0.2) is 8.78 Å². The lowest BCUT2D eigenvalue weighted by Crippen LogP contribution is -2.34. The lowest BCUT2D eigenvalue weighted by atomic mass is 10.1. The molecule has 0 unspecified atom stereocenters. The van der Waals surface area contributed by atoms with E-state index in [-0.39, 0.29) is 36.4 Å². The zero-order chi connectivity index (χ0) is 18.9. The highest BCUT2D eigenvalue weighted by Crippen LogP contribution is 2.08. The highest BCUT2D eigenvalue weighted by molar-refractivity contribution is 5.78. The quantitative estimate of drug-likeness (QED) is 0.787. The molecule has 2 amide bonds. The van der Waals surface area contributed by atoms with Crippen molar-refractivity contribution in [3.63, 3.8) is 0 Å². The van der Waals surface area contributed by atoms with E-state index in [4.69, 9.17) is 0 Å². The van der Waals surface area contributed by atoms with Gasteiger partial charge in [0.1, 0.15) is 11.6 Å². The van der Waals surface area contributed by atoms with Gasteiger partial charge in [-0.15, -0.1) is 0 Å². The zero-order valence-corrected chi connectivity index (χ0v) is 14.7. The average Bonchev–Trinajstić information content (AvgIpc) is 2.61. The molecule has 0 bridgehead atoms. The van der Waals surface area contributed by atoms with Crippen molar-refractivity contribution in [1.82, 2.24) is 10.2 Å². The van der Waals surface area contributed by atoms with E-state index in [0.717, 1.165) is 5.56 Å². The van der Waals surface area contributed by atoms with Crippen LogP contribution in [0.2, 0.25) is 0 Å². The number of halogens is 2. The molecule has 1 N–H and O–H groups in total. The number of rotatable bonds is 8. The predicted molar refractivity (Wildman–Crippen MR) is 95.2 cm³/mol. The molecule has 0 radical (unpaired) electrons. The molecular formula is C20H22F2N2O2. The number of carbonyl (C=O) groups is 2. The third kappa shape index (κ3) is 6.27. The van der Waals surface area contributed by atoms with Gasteiger partial charge >= 0.3 is 0 Å². The minimum Gasteiger partial charge on any atom is -0.356 e. The van der Waals surface area contributed by atoms with Gasteiger partial charge < -0.3 is 10.2 Å². The summed E-state index contributed by atoms with van der Waals surface area (Å²) in [6.07, 6.45) is 0.558. The van der Waals surface area contributed by atoms with Gasteiger partial charge in [-0.2, -0.15) is 0 Å². The Morgan fingerprint density at radius 1 is 1.04 bits per heavy atom. The molecule has 0 atom stereocenters. The topological polar surface area (TPSA) is 49.4 Å². The van der Waals surface area contributed by atoms with E-state index in [9.17, 15) is 18.4 Å². The molecule has 0 spiro atoms. The van der Waals surface area contributed by atoms with Gasteiger partial charge in [-0.1, -0.05) is 30.3 Å². The minimum atomic E-state index is -0.336. The summed E-state index contributed by atoms with van der Waals surface area (Å²) in [5.74, 6) is -0.985. The molecule has 0 aliphatic heterocycles. The Bertz CT molecular complexity index is 748. The van der Waals surface area contributed by atoms with E-state index < -0.39 is 0 Å². The Kier molecular flexibility index (Phi) is 7.26. The predicted octanol–water partition coefficient (Wildman–Crippen LogP) is 3.06. The van der Waals surface area contributed by atoms with Gasteiger partial charge in [0, 0.05) is 33.0 Å². The van der Waals surface area contributed by atoms with Crippen molar-refractivity contribution in [2.75, 3.05) is 13.1 Å². The van der Waals surface area contributed by atoms with E-state index in [2.05, 4.69) is 5.32 Å². The number of carbonyl (C=O) groups excluding carboxylic acids is 2. The third-order valence-electron chi connectivity index (χ3n) is 4.02. The SMILES string of the molecule is CC(=O)N(CCC(=O)NCCc1ccccc1F)Cc1ccc(F)cc1. The van der Waals surface area contributed by atoms with Crippen LogP contribution in [0.4, 0.5) is 8.78 Å². The molecule has 0 aliphatic rings. The molecule has 0 saturated heterocycles. The molecule has 138 valence electrons. The van der Waals surface area contributed by atoms with Crippen LogP contribution in [-0.4, -0.2) is 29.8 Å². The first-order chi connectivity index (χ1) is 12.5. The molecule has 0 saturated carbocycles. The fraction of sp³-hybridized carbons (Fsp3) is 0.300. The second-order valence-electron chi connectivity index (χ2n) is 6.01. The molecule has 2 aromatic rings. The Morgan fingerprint density at radius 3 is 2.38 bits per heavy atom. The fourth-order valence-corrected chi connectivity index (χ4v) is 2.52. The van der Waals surface area contributed by atoms with Crippen LogP contribution in [0.25, 0.3) is 0 Å². The van der Waals surface area contributed by atoms with E-state index in [1.807, 2.05) is 0 Å². The van der Waals surface area contributed by atoms with Crippen molar-refractivity contribution in [1.29, 1.82) is 0 Å². The molecular weight excluding hydrogens is 338 g/mol. The first kappa shape index (κ1) is 19.6. The largest absolute Gasteiger partial charge is 0.356 e. The maximum Gasteiger partial charge on any atom is 0.221 e. The number of hydrogen-bond donors (Lipinski definition) is 1. The molecule has 2 rings (SSSR count). The van der Waals surface area contributed by atoms with Gasteiger partial charge in [0.2, 0.25) is 11.8 Å². The summed E-state index contributed by atoms with van der Waals surface area (Å²) in [5.41, 5.74) is 1.34. The Morgan fingerprint density at radius 2 is 1.73 bits per heavy atom. The molecule has 0 heterocycles. The highest BCUT2D eigenvalue weighted by Gasteiger charge is 2.12. The van der Waals surface area contributed by atoms with Crippen LogP contribution in [0.3, 0.4) is 0 Å². The van der Waals surface area contributed by atoms with E-state index in [1.54, 1.807) is 30.3 Å². The summed E-state index contributed by atoms with van der Waals surface area (Å²) >= 11 is 0. The van der Waals surface area contributed by atoms with Crippen LogP contribution in [0, 0.1) is 11.6 Å². The van der Waals surface area contributed by atoms with Crippen molar-refractivity contribution in [2.45, 2.75) is 26.3 Å². The van der Waals surface area contributed by atoms with Gasteiger partial charge in [0.05, 0.1) is 0 Å². The third-order valence-corrected chi connectivity index (χ3v) is 4.02. The first-order valence-corrected chi connectivity index (χ1v) is 8.46. The Hall–Kier alpha value is -2.76. The molecule has 26 heavy (non-hydrogen) atoms. The van der Waals surface area contributed by atoms with Crippen LogP contribution in [0.1, 0.15) is 24.5 Å². The van der Waals surface area contributed by atoms with Gasteiger partial charge in [0.15, 0.2) is 0 Å². The smallest absolute Gasteiger partial charge is 0.221 e. The average molecular weight is 360 g/mol. The second-order valence-corrected chi connectivity index (χ2v) is 6.01. The van der Waals surface area contributed by atoms with Crippen molar-refractivity contribution < 1.29 is 18.4 Å². The van der Waals surface area contributed by atoms with Crippen LogP contribution >= 0.6 is 0 Å².